The molecule has 58 valence electrons. The summed E-state index contributed by atoms with van der Waals surface area (Å²) in [5, 5.41) is 0. The van der Waals surface area contributed by atoms with Gasteiger partial charge in [-0.2, -0.15) is 0 Å². The lowest BCUT2D eigenvalue weighted by Gasteiger charge is -2.39. The predicted octanol–water partition coefficient (Wildman–Crippen LogP) is 0.431. The van der Waals surface area contributed by atoms with Crippen molar-refractivity contribution in [1.82, 2.24) is 4.90 Å². The van der Waals surface area contributed by atoms with Crippen LogP contribution in [0, 0.1) is 5.41 Å². The molecule has 0 aromatic heterocycles. The summed E-state index contributed by atoms with van der Waals surface area (Å²) in [6.45, 7) is 4.82. The Hall–Kier alpha value is -0.0800. The summed E-state index contributed by atoms with van der Waals surface area (Å²) in [5.74, 6) is 0. The van der Waals surface area contributed by atoms with Crippen LogP contribution in [0.3, 0.4) is 0 Å². The maximum absolute atomic E-state index is 5.41. The number of nitrogens with zero attached hydrogens (tertiary/aromatic N) is 1. The summed E-state index contributed by atoms with van der Waals surface area (Å²) in [4.78, 5) is 2.53. The van der Waals surface area contributed by atoms with Gasteiger partial charge in [0.05, 0.1) is 0 Å². The monoisotopic (exact) mass is 140 g/mol. The largest absolute Gasteiger partial charge is 0.330 e. The molecular formula is C8H16N2. The first-order valence-corrected chi connectivity index (χ1v) is 4.27. The molecule has 1 saturated heterocycles. The molecule has 0 radical (unpaired) electrons. The fraction of sp³-hybridized carbons (Fsp3) is 1.00. The van der Waals surface area contributed by atoms with E-state index in [9.17, 15) is 0 Å². The van der Waals surface area contributed by atoms with E-state index in [1.807, 2.05) is 0 Å². The molecule has 2 heteroatoms. The normalized spacial score (nSPS) is 28.5. The molecule has 1 aliphatic heterocycles. The van der Waals surface area contributed by atoms with Crippen molar-refractivity contribution in [2.75, 3.05) is 26.2 Å². The van der Waals surface area contributed by atoms with E-state index in [0.29, 0.717) is 0 Å². The van der Waals surface area contributed by atoms with Gasteiger partial charge in [-0.25, -0.2) is 0 Å². The third-order valence-corrected chi connectivity index (χ3v) is 2.75. The van der Waals surface area contributed by atoms with Crippen LogP contribution in [0.25, 0.3) is 0 Å². The molecule has 10 heavy (non-hydrogen) atoms. The number of likely N-dealkylation sites (tertiary alicyclic amines) is 1. The highest BCUT2D eigenvalue weighted by Gasteiger charge is 2.51. The van der Waals surface area contributed by atoms with Crippen LogP contribution in [0.5, 0.6) is 0 Å². The lowest BCUT2D eigenvalue weighted by Crippen LogP contribution is -2.48. The maximum atomic E-state index is 5.41. The van der Waals surface area contributed by atoms with E-state index in [1.54, 1.807) is 0 Å². The van der Waals surface area contributed by atoms with Crippen LogP contribution in [0.4, 0.5) is 0 Å². The van der Waals surface area contributed by atoms with Crippen LogP contribution in [0.15, 0.2) is 0 Å². The summed E-state index contributed by atoms with van der Waals surface area (Å²) in [5.41, 5.74) is 6.24. The third-order valence-electron chi connectivity index (χ3n) is 2.75. The molecular weight excluding hydrogens is 124 g/mol. The first kappa shape index (κ1) is 6.62. The van der Waals surface area contributed by atoms with Crippen LogP contribution in [-0.2, 0) is 0 Å². The molecule has 0 amide bonds. The van der Waals surface area contributed by atoms with Crippen LogP contribution in [0.1, 0.15) is 19.3 Å². The van der Waals surface area contributed by atoms with Gasteiger partial charge in [-0.1, -0.05) is 0 Å². The maximum Gasteiger partial charge on any atom is 0.00505 e. The molecule has 2 nitrogen and oxygen atoms in total. The Morgan fingerprint density at radius 3 is 2.50 bits per heavy atom. The highest BCUT2D eigenvalue weighted by atomic mass is 15.2. The van der Waals surface area contributed by atoms with E-state index < -0.39 is 0 Å². The van der Waals surface area contributed by atoms with Gasteiger partial charge in [0.15, 0.2) is 0 Å². The van der Waals surface area contributed by atoms with Crippen molar-refractivity contribution in [3.63, 3.8) is 0 Å². The molecule has 0 bridgehead atoms. The lowest BCUT2D eigenvalue weighted by molar-refractivity contribution is 0.0815. The van der Waals surface area contributed by atoms with Crippen molar-refractivity contribution in [3.8, 4) is 0 Å². The van der Waals surface area contributed by atoms with Crippen LogP contribution in [-0.4, -0.2) is 31.1 Å². The van der Waals surface area contributed by atoms with E-state index >= 15 is 0 Å². The molecule has 2 fully saturated rings. The number of rotatable bonds is 3. The van der Waals surface area contributed by atoms with Crippen molar-refractivity contribution in [2.24, 2.45) is 11.1 Å². The summed E-state index contributed by atoms with van der Waals surface area (Å²) >= 11 is 0. The molecule has 2 rings (SSSR count). The van der Waals surface area contributed by atoms with Gasteiger partial charge < -0.3 is 10.6 Å². The molecule has 1 spiro atoms. The first-order chi connectivity index (χ1) is 4.85. The van der Waals surface area contributed by atoms with Gasteiger partial charge in [0, 0.05) is 13.1 Å². The minimum atomic E-state index is 0.828. The zero-order valence-corrected chi connectivity index (χ0v) is 6.47. The van der Waals surface area contributed by atoms with Gasteiger partial charge in [0.1, 0.15) is 0 Å². The van der Waals surface area contributed by atoms with E-state index in [2.05, 4.69) is 4.90 Å². The molecule has 0 unspecified atom stereocenters. The summed E-state index contributed by atoms with van der Waals surface area (Å²) < 4.78 is 0. The molecule has 0 atom stereocenters. The van der Waals surface area contributed by atoms with Crippen molar-refractivity contribution < 1.29 is 0 Å². The minimum Gasteiger partial charge on any atom is -0.330 e. The lowest BCUT2D eigenvalue weighted by atomic mass is 9.97. The zero-order valence-electron chi connectivity index (χ0n) is 6.47. The molecule has 2 N–H and O–H groups in total. The Morgan fingerprint density at radius 1 is 1.30 bits per heavy atom. The van der Waals surface area contributed by atoms with Crippen molar-refractivity contribution in [1.29, 1.82) is 0 Å². The predicted molar refractivity (Wildman–Crippen MR) is 41.8 cm³/mol. The second kappa shape index (κ2) is 2.21. The van der Waals surface area contributed by atoms with E-state index in [-0.39, 0.29) is 0 Å². The van der Waals surface area contributed by atoms with Crippen LogP contribution < -0.4 is 5.73 Å². The quantitative estimate of drug-likeness (QED) is 0.616. The summed E-state index contributed by atoms with van der Waals surface area (Å²) in [6, 6.07) is 0. The number of hydrogen-bond acceptors (Lipinski definition) is 2. The van der Waals surface area contributed by atoms with Gasteiger partial charge in [0.25, 0.3) is 0 Å². The zero-order chi connectivity index (χ0) is 7.03. The minimum absolute atomic E-state index is 0.828. The summed E-state index contributed by atoms with van der Waals surface area (Å²) in [6.07, 6.45) is 4.16. The highest BCUT2D eigenvalue weighted by Crippen LogP contribution is 2.52. The molecule has 0 aromatic rings. The Morgan fingerprint density at radius 2 is 2.00 bits per heavy atom. The first-order valence-electron chi connectivity index (χ1n) is 4.27. The van der Waals surface area contributed by atoms with Gasteiger partial charge >= 0.3 is 0 Å². The van der Waals surface area contributed by atoms with Gasteiger partial charge in [0.2, 0.25) is 0 Å². The smallest absolute Gasteiger partial charge is 0.00505 e. The second-order valence-electron chi connectivity index (χ2n) is 3.85. The second-order valence-corrected chi connectivity index (χ2v) is 3.85. The van der Waals surface area contributed by atoms with Crippen LogP contribution >= 0.6 is 0 Å². The van der Waals surface area contributed by atoms with Gasteiger partial charge in [-0.05, 0) is 37.8 Å². The van der Waals surface area contributed by atoms with Gasteiger partial charge in [-0.15, -0.1) is 0 Å². The Labute approximate surface area is 62.4 Å². The van der Waals surface area contributed by atoms with Crippen LogP contribution in [0.2, 0.25) is 0 Å². The Balaban J connectivity index is 1.61. The van der Waals surface area contributed by atoms with Gasteiger partial charge in [-0.3, -0.25) is 0 Å². The number of nitrogens with two attached hydrogens (primary N) is 1. The number of hydrogen-bond donors (Lipinski definition) is 1. The Kier molecular flexibility index (Phi) is 1.46. The summed E-state index contributed by atoms with van der Waals surface area (Å²) in [7, 11) is 0. The highest BCUT2D eigenvalue weighted by molar-refractivity contribution is 5.04. The SMILES string of the molecule is NCCCN1CC2(CC2)C1. The molecule has 1 heterocycles. The molecule has 0 aromatic carbocycles. The fourth-order valence-corrected chi connectivity index (χ4v) is 1.87. The molecule has 1 saturated carbocycles. The topological polar surface area (TPSA) is 29.3 Å². The average Bonchev–Trinajstić information content (AvgIpc) is 2.59. The third kappa shape index (κ3) is 1.06. The average molecular weight is 140 g/mol. The van der Waals surface area contributed by atoms with E-state index in [0.717, 1.165) is 12.0 Å². The van der Waals surface area contributed by atoms with Crippen molar-refractivity contribution in [2.45, 2.75) is 19.3 Å². The Bertz CT molecular complexity index is 121. The molecule has 2 aliphatic rings. The van der Waals surface area contributed by atoms with Crippen molar-refractivity contribution in [3.05, 3.63) is 0 Å². The van der Waals surface area contributed by atoms with Crippen molar-refractivity contribution >= 4 is 0 Å². The standard InChI is InChI=1S/C8H16N2/c9-4-1-5-10-6-8(7-10)2-3-8/h1-7,9H2. The fourth-order valence-electron chi connectivity index (χ4n) is 1.87. The molecule has 1 aliphatic carbocycles. The van der Waals surface area contributed by atoms with E-state index in [4.69, 9.17) is 5.73 Å². The van der Waals surface area contributed by atoms with E-state index in [1.165, 1.54) is 38.9 Å².